The smallest absolute Gasteiger partial charge is 0.134 e. The van der Waals surface area contributed by atoms with Crippen LogP contribution in [0.25, 0.3) is 10.9 Å². The van der Waals surface area contributed by atoms with Gasteiger partial charge >= 0.3 is 0 Å². The Hall–Kier alpha value is -1.65. The van der Waals surface area contributed by atoms with Crippen LogP contribution in [0, 0.1) is 5.41 Å². The minimum Gasteiger partial charge on any atom is -0.392 e. The molecule has 2 aliphatic heterocycles. The molecular formula is C18H22N2O2. The number of rotatable bonds is 2. The first-order valence-corrected chi connectivity index (χ1v) is 8.12. The van der Waals surface area contributed by atoms with Gasteiger partial charge in [0.15, 0.2) is 0 Å². The van der Waals surface area contributed by atoms with Crippen molar-refractivity contribution < 1.29 is 9.84 Å². The van der Waals surface area contributed by atoms with E-state index < -0.39 is 0 Å². The van der Waals surface area contributed by atoms with Gasteiger partial charge in [0.2, 0.25) is 0 Å². The van der Waals surface area contributed by atoms with Crippen LogP contribution in [0.15, 0.2) is 30.3 Å². The van der Waals surface area contributed by atoms with Gasteiger partial charge in [-0.1, -0.05) is 18.2 Å². The molecule has 0 bridgehead atoms. The molecule has 1 unspecified atom stereocenters. The lowest BCUT2D eigenvalue weighted by Crippen LogP contribution is -2.35. The van der Waals surface area contributed by atoms with Gasteiger partial charge in [-0.25, -0.2) is 4.98 Å². The lowest BCUT2D eigenvalue weighted by Gasteiger charge is -2.33. The Kier molecular flexibility index (Phi) is 3.51. The maximum absolute atomic E-state index is 9.75. The van der Waals surface area contributed by atoms with Crippen LogP contribution >= 0.6 is 0 Å². The summed E-state index contributed by atoms with van der Waals surface area (Å²) in [5.74, 6) is 0.948. The summed E-state index contributed by atoms with van der Waals surface area (Å²) in [6.07, 6.45) is 3.56. The van der Waals surface area contributed by atoms with Crippen molar-refractivity contribution >= 4 is 16.7 Å². The van der Waals surface area contributed by atoms with E-state index in [1.165, 1.54) is 6.42 Å². The number of benzene rings is 1. The van der Waals surface area contributed by atoms with Crippen LogP contribution in [0.4, 0.5) is 5.82 Å². The molecule has 116 valence electrons. The third kappa shape index (κ3) is 2.36. The Balaban J connectivity index is 1.68. The average molecular weight is 298 g/mol. The lowest BCUT2D eigenvalue weighted by molar-refractivity contribution is 0.00436. The van der Waals surface area contributed by atoms with Crippen LogP contribution in [0.5, 0.6) is 0 Å². The Morgan fingerprint density at radius 1 is 1.27 bits per heavy atom. The number of ether oxygens (including phenoxy) is 1. The van der Waals surface area contributed by atoms with Crippen LogP contribution in [-0.2, 0) is 11.3 Å². The van der Waals surface area contributed by atoms with Gasteiger partial charge in [-0.2, -0.15) is 0 Å². The summed E-state index contributed by atoms with van der Waals surface area (Å²) in [7, 11) is 0. The van der Waals surface area contributed by atoms with E-state index >= 15 is 0 Å². The van der Waals surface area contributed by atoms with Crippen molar-refractivity contribution in [3.63, 3.8) is 0 Å². The van der Waals surface area contributed by atoms with E-state index in [1.54, 1.807) is 0 Å². The molecule has 22 heavy (non-hydrogen) atoms. The summed E-state index contributed by atoms with van der Waals surface area (Å²) in [5.41, 5.74) is 2.21. The first-order valence-electron chi connectivity index (χ1n) is 8.12. The molecule has 1 aromatic heterocycles. The highest BCUT2D eigenvalue weighted by Crippen LogP contribution is 2.40. The van der Waals surface area contributed by atoms with Crippen molar-refractivity contribution in [1.82, 2.24) is 4.98 Å². The van der Waals surface area contributed by atoms with E-state index in [-0.39, 0.29) is 12.0 Å². The topological polar surface area (TPSA) is 45.6 Å². The maximum Gasteiger partial charge on any atom is 0.134 e. The molecule has 2 aliphatic rings. The third-order valence-electron chi connectivity index (χ3n) is 5.09. The average Bonchev–Trinajstić information content (AvgIpc) is 2.97. The molecule has 4 heteroatoms. The second-order valence-electron chi connectivity index (χ2n) is 6.65. The Morgan fingerprint density at radius 3 is 3.00 bits per heavy atom. The number of para-hydroxylation sites is 1. The summed E-state index contributed by atoms with van der Waals surface area (Å²) in [6.45, 7) is 3.80. The summed E-state index contributed by atoms with van der Waals surface area (Å²) in [5, 5.41) is 10.8. The van der Waals surface area contributed by atoms with Gasteiger partial charge in [-0.3, -0.25) is 0 Å². The Labute approximate surface area is 130 Å². The molecule has 0 amide bonds. The van der Waals surface area contributed by atoms with Gasteiger partial charge in [0.25, 0.3) is 0 Å². The molecule has 1 aromatic carbocycles. The molecule has 0 saturated carbocycles. The molecule has 1 atom stereocenters. The number of nitrogens with zero attached hydrogens (tertiary/aromatic N) is 2. The van der Waals surface area contributed by atoms with Crippen LogP contribution in [0.3, 0.4) is 0 Å². The second-order valence-corrected chi connectivity index (χ2v) is 6.65. The van der Waals surface area contributed by atoms with Crippen LogP contribution in [-0.4, -0.2) is 36.4 Å². The zero-order valence-electron chi connectivity index (χ0n) is 12.8. The number of aliphatic hydroxyl groups excluding tert-OH is 1. The molecule has 4 nitrogen and oxygen atoms in total. The predicted molar refractivity (Wildman–Crippen MR) is 87.0 cm³/mol. The highest BCUT2D eigenvalue weighted by atomic mass is 16.5. The van der Waals surface area contributed by atoms with E-state index in [1.807, 2.05) is 24.3 Å². The van der Waals surface area contributed by atoms with Gasteiger partial charge in [-0.05, 0) is 31.4 Å². The molecule has 3 heterocycles. The first-order chi connectivity index (χ1) is 10.8. The maximum atomic E-state index is 9.75. The monoisotopic (exact) mass is 298 g/mol. The summed E-state index contributed by atoms with van der Waals surface area (Å²) < 4.78 is 5.72. The Morgan fingerprint density at radius 2 is 2.18 bits per heavy atom. The highest BCUT2D eigenvalue weighted by molar-refractivity contribution is 5.81. The van der Waals surface area contributed by atoms with E-state index in [0.29, 0.717) is 0 Å². The summed E-state index contributed by atoms with van der Waals surface area (Å²) in [6, 6.07) is 10.2. The number of fused-ring (bicyclic) bond motifs is 1. The highest BCUT2D eigenvalue weighted by Gasteiger charge is 2.40. The molecule has 4 rings (SSSR count). The summed E-state index contributed by atoms with van der Waals surface area (Å²) in [4.78, 5) is 7.17. The van der Waals surface area contributed by atoms with Gasteiger partial charge < -0.3 is 14.7 Å². The largest absolute Gasteiger partial charge is 0.392 e. The van der Waals surface area contributed by atoms with E-state index in [9.17, 15) is 5.11 Å². The van der Waals surface area contributed by atoms with Crippen LogP contribution < -0.4 is 4.90 Å². The standard InChI is InChI=1S/C18H22N2O2/c21-11-15-10-14-4-1-2-5-16(14)19-17(15)20-8-7-18(12-20)6-3-9-22-13-18/h1-2,4-5,10,21H,3,6-9,11-13H2. The zero-order chi connectivity index (χ0) is 15.0. The molecule has 2 saturated heterocycles. The number of hydrogen-bond acceptors (Lipinski definition) is 4. The fraction of sp³-hybridized carbons (Fsp3) is 0.500. The second kappa shape index (κ2) is 5.52. The van der Waals surface area contributed by atoms with E-state index in [0.717, 1.165) is 61.4 Å². The quantitative estimate of drug-likeness (QED) is 0.926. The number of anilines is 1. The molecule has 0 radical (unpaired) electrons. The molecule has 0 aliphatic carbocycles. The zero-order valence-corrected chi connectivity index (χ0v) is 12.8. The number of pyridine rings is 1. The van der Waals surface area contributed by atoms with Crippen LogP contribution in [0.1, 0.15) is 24.8 Å². The van der Waals surface area contributed by atoms with Crippen LogP contribution in [0.2, 0.25) is 0 Å². The van der Waals surface area contributed by atoms with Crippen molar-refractivity contribution in [2.24, 2.45) is 5.41 Å². The van der Waals surface area contributed by atoms with Crippen molar-refractivity contribution in [3.05, 3.63) is 35.9 Å². The fourth-order valence-corrected chi connectivity index (χ4v) is 3.89. The van der Waals surface area contributed by atoms with Crippen molar-refractivity contribution in [3.8, 4) is 0 Å². The predicted octanol–water partition coefficient (Wildman–Crippen LogP) is 2.73. The molecule has 2 aromatic rings. The van der Waals surface area contributed by atoms with Gasteiger partial charge in [0, 0.05) is 36.1 Å². The SMILES string of the molecule is OCc1cc2ccccc2nc1N1CCC2(CCCOC2)C1. The molecule has 1 N–H and O–H groups in total. The van der Waals surface area contributed by atoms with Gasteiger partial charge in [0.05, 0.1) is 18.7 Å². The molecule has 2 fully saturated rings. The lowest BCUT2D eigenvalue weighted by atomic mass is 9.82. The molecular weight excluding hydrogens is 276 g/mol. The van der Waals surface area contributed by atoms with Crippen molar-refractivity contribution in [1.29, 1.82) is 0 Å². The van der Waals surface area contributed by atoms with E-state index in [2.05, 4.69) is 11.0 Å². The fourth-order valence-electron chi connectivity index (χ4n) is 3.89. The first kappa shape index (κ1) is 14.0. The van der Waals surface area contributed by atoms with Crippen molar-refractivity contribution in [2.45, 2.75) is 25.9 Å². The number of hydrogen-bond donors (Lipinski definition) is 1. The minimum atomic E-state index is 0.0349. The Bertz CT molecular complexity index is 680. The normalized spacial score (nSPS) is 25.2. The van der Waals surface area contributed by atoms with Crippen molar-refractivity contribution in [2.75, 3.05) is 31.2 Å². The van der Waals surface area contributed by atoms with Gasteiger partial charge in [-0.15, -0.1) is 0 Å². The van der Waals surface area contributed by atoms with E-state index in [4.69, 9.17) is 9.72 Å². The van der Waals surface area contributed by atoms with Gasteiger partial charge in [0.1, 0.15) is 5.82 Å². The number of aliphatic hydroxyl groups is 1. The number of aromatic nitrogens is 1. The summed E-state index contributed by atoms with van der Waals surface area (Å²) >= 11 is 0. The molecule has 1 spiro atoms. The third-order valence-corrected chi connectivity index (χ3v) is 5.09. The minimum absolute atomic E-state index is 0.0349.